The van der Waals surface area contributed by atoms with Crippen molar-refractivity contribution in [2.75, 3.05) is 13.1 Å². The summed E-state index contributed by atoms with van der Waals surface area (Å²) in [4.78, 5) is 44.6. The van der Waals surface area contributed by atoms with Crippen LogP contribution in [-0.4, -0.2) is 40.8 Å². The molecule has 0 aliphatic carbocycles. The third kappa shape index (κ3) is 5.85. The Morgan fingerprint density at radius 2 is 1.45 bits per heavy atom. The Morgan fingerprint density at radius 3 is 2.10 bits per heavy atom. The van der Waals surface area contributed by atoms with Gasteiger partial charge in [-0.15, -0.1) is 0 Å². The van der Waals surface area contributed by atoms with E-state index in [0.29, 0.717) is 41.9 Å². The molecule has 2 N–H and O–H groups in total. The van der Waals surface area contributed by atoms with Gasteiger partial charge in [-0.1, -0.05) is 6.07 Å². The van der Waals surface area contributed by atoms with Crippen LogP contribution in [0.25, 0.3) is 11.0 Å². The summed E-state index contributed by atoms with van der Waals surface area (Å²) in [6, 6.07) is 11.6. The number of hydrogen-bond donors (Lipinski definition) is 2. The largest absolute Gasteiger partial charge is 0.427 e. The zero-order valence-electron chi connectivity index (χ0n) is 17.7. The predicted octanol–water partition coefficient (Wildman–Crippen LogP) is 2.72. The van der Waals surface area contributed by atoms with Crippen LogP contribution in [0.3, 0.4) is 0 Å². The molecular formula is C23H24N4O4. The lowest BCUT2D eigenvalue weighted by Crippen LogP contribution is -2.29. The van der Waals surface area contributed by atoms with E-state index in [4.69, 9.17) is 4.74 Å². The highest BCUT2D eigenvalue weighted by Gasteiger charge is 2.10. The summed E-state index contributed by atoms with van der Waals surface area (Å²) in [6.45, 7) is 5.88. The van der Waals surface area contributed by atoms with Gasteiger partial charge in [-0.2, -0.15) is 0 Å². The Bertz CT molecular complexity index is 1140. The molecule has 8 heteroatoms. The van der Waals surface area contributed by atoms with Crippen LogP contribution in [0.2, 0.25) is 0 Å². The van der Waals surface area contributed by atoms with Gasteiger partial charge in [0.25, 0.3) is 11.8 Å². The smallest absolute Gasteiger partial charge is 0.308 e. The molecule has 1 aromatic heterocycles. The molecule has 0 radical (unpaired) electrons. The van der Waals surface area contributed by atoms with Gasteiger partial charge in [0.15, 0.2) is 0 Å². The van der Waals surface area contributed by atoms with Gasteiger partial charge in [-0.05, 0) is 56.7 Å². The van der Waals surface area contributed by atoms with E-state index in [-0.39, 0.29) is 11.8 Å². The van der Waals surface area contributed by atoms with Gasteiger partial charge in [-0.25, -0.2) is 9.97 Å². The zero-order chi connectivity index (χ0) is 22.4. The third-order valence-electron chi connectivity index (χ3n) is 4.62. The highest BCUT2D eigenvalue weighted by Crippen LogP contribution is 2.15. The lowest BCUT2D eigenvalue weighted by atomic mass is 10.1. The number of aromatic nitrogens is 2. The lowest BCUT2D eigenvalue weighted by molar-refractivity contribution is -0.131. The van der Waals surface area contributed by atoms with Gasteiger partial charge < -0.3 is 15.4 Å². The third-order valence-corrected chi connectivity index (χ3v) is 4.62. The van der Waals surface area contributed by atoms with Crippen molar-refractivity contribution in [3.8, 4) is 5.75 Å². The number of benzene rings is 2. The highest BCUT2D eigenvalue weighted by atomic mass is 16.5. The van der Waals surface area contributed by atoms with E-state index in [9.17, 15) is 14.4 Å². The first kappa shape index (κ1) is 21.9. The molecule has 0 aliphatic rings. The summed E-state index contributed by atoms with van der Waals surface area (Å²) in [7, 11) is 0. The van der Waals surface area contributed by atoms with E-state index in [1.165, 1.54) is 13.0 Å². The summed E-state index contributed by atoms with van der Waals surface area (Å²) >= 11 is 0. The molecule has 0 unspecified atom stereocenters. The zero-order valence-corrected chi connectivity index (χ0v) is 17.7. The number of carbonyl (C=O) groups excluding carboxylic acids is 3. The highest BCUT2D eigenvalue weighted by molar-refractivity contribution is 5.97. The minimum absolute atomic E-state index is 0.206. The number of aryl methyl sites for hydroxylation is 2. The van der Waals surface area contributed by atoms with Crippen molar-refractivity contribution >= 4 is 28.8 Å². The maximum atomic E-state index is 12.4. The van der Waals surface area contributed by atoms with Crippen molar-refractivity contribution < 1.29 is 19.1 Å². The fraction of sp³-hybridized carbons (Fsp3) is 0.261. The standard InChI is InChI=1S/C23H24N4O4/c1-14-15(2)27-21-13-18(8-9-20(21)26-14)23(30)25-11-5-10-24-22(29)17-6-4-7-19(12-17)31-16(3)28/h4,6-9,12-13H,5,10-11H2,1-3H3,(H,24,29)(H,25,30). The predicted molar refractivity (Wildman–Crippen MR) is 116 cm³/mol. The molecule has 0 saturated carbocycles. The van der Waals surface area contributed by atoms with Crippen molar-refractivity contribution in [3.63, 3.8) is 0 Å². The number of ether oxygens (including phenoxy) is 1. The van der Waals surface area contributed by atoms with Crippen LogP contribution in [0.15, 0.2) is 42.5 Å². The number of fused-ring (bicyclic) bond motifs is 1. The number of carbonyl (C=O) groups is 3. The second-order valence-corrected chi connectivity index (χ2v) is 7.08. The van der Waals surface area contributed by atoms with Crippen molar-refractivity contribution in [1.29, 1.82) is 0 Å². The maximum absolute atomic E-state index is 12.4. The molecular weight excluding hydrogens is 396 g/mol. The van der Waals surface area contributed by atoms with Crippen LogP contribution in [-0.2, 0) is 4.79 Å². The Hall–Kier alpha value is -3.81. The van der Waals surface area contributed by atoms with Crippen molar-refractivity contribution in [1.82, 2.24) is 20.6 Å². The van der Waals surface area contributed by atoms with Crippen molar-refractivity contribution in [3.05, 3.63) is 65.0 Å². The molecule has 31 heavy (non-hydrogen) atoms. The van der Waals surface area contributed by atoms with Crippen LogP contribution < -0.4 is 15.4 Å². The van der Waals surface area contributed by atoms with Crippen LogP contribution in [0.5, 0.6) is 5.75 Å². The molecule has 0 fully saturated rings. The molecule has 0 saturated heterocycles. The number of amides is 2. The number of rotatable bonds is 7. The first-order valence-electron chi connectivity index (χ1n) is 9.93. The van der Waals surface area contributed by atoms with E-state index >= 15 is 0 Å². The molecule has 0 aliphatic heterocycles. The normalized spacial score (nSPS) is 10.5. The van der Waals surface area contributed by atoms with Crippen LogP contribution >= 0.6 is 0 Å². The Morgan fingerprint density at radius 1 is 0.839 bits per heavy atom. The second-order valence-electron chi connectivity index (χ2n) is 7.08. The minimum atomic E-state index is -0.447. The minimum Gasteiger partial charge on any atom is -0.427 e. The average Bonchev–Trinajstić information content (AvgIpc) is 2.73. The fourth-order valence-corrected chi connectivity index (χ4v) is 2.94. The molecule has 0 spiro atoms. The van der Waals surface area contributed by atoms with E-state index in [1.807, 2.05) is 13.8 Å². The van der Waals surface area contributed by atoms with Gasteiger partial charge in [0.1, 0.15) is 5.75 Å². The number of esters is 1. The lowest BCUT2D eigenvalue weighted by Gasteiger charge is -2.09. The summed E-state index contributed by atoms with van der Waals surface area (Å²) in [6.07, 6.45) is 0.562. The molecule has 160 valence electrons. The van der Waals surface area contributed by atoms with Gasteiger partial charge in [-0.3, -0.25) is 14.4 Å². The maximum Gasteiger partial charge on any atom is 0.308 e. The first-order valence-corrected chi connectivity index (χ1v) is 9.93. The molecule has 3 rings (SSSR count). The molecule has 8 nitrogen and oxygen atoms in total. The molecule has 1 heterocycles. The molecule has 2 amide bonds. The molecule has 2 aromatic carbocycles. The summed E-state index contributed by atoms with van der Waals surface area (Å²) in [5, 5.41) is 5.62. The first-order chi connectivity index (χ1) is 14.8. The molecule has 0 atom stereocenters. The monoisotopic (exact) mass is 420 g/mol. The Labute approximate surface area is 180 Å². The molecule has 0 bridgehead atoms. The average molecular weight is 420 g/mol. The Balaban J connectivity index is 1.47. The summed E-state index contributed by atoms with van der Waals surface area (Å²) in [5.41, 5.74) is 4.03. The number of hydrogen-bond acceptors (Lipinski definition) is 6. The molecule has 3 aromatic rings. The number of nitrogens with zero attached hydrogens (tertiary/aromatic N) is 2. The summed E-state index contributed by atoms with van der Waals surface area (Å²) in [5.74, 6) is -0.615. The van der Waals surface area contributed by atoms with E-state index in [0.717, 1.165) is 16.9 Å². The topological polar surface area (TPSA) is 110 Å². The van der Waals surface area contributed by atoms with E-state index in [1.54, 1.807) is 36.4 Å². The second kappa shape index (κ2) is 9.80. The van der Waals surface area contributed by atoms with E-state index < -0.39 is 5.97 Å². The van der Waals surface area contributed by atoms with Gasteiger partial charge >= 0.3 is 5.97 Å². The van der Waals surface area contributed by atoms with Crippen LogP contribution in [0.1, 0.15) is 45.4 Å². The quantitative estimate of drug-likeness (QED) is 0.345. The summed E-state index contributed by atoms with van der Waals surface area (Å²) < 4.78 is 4.98. The fourth-order valence-electron chi connectivity index (χ4n) is 2.94. The SMILES string of the molecule is CC(=O)Oc1cccc(C(=O)NCCCNC(=O)c2ccc3nc(C)c(C)nc3c2)c1. The van der Waals surface area contributed by atoms with Gasteiger partial charge in [0, 0.05) is 31.1 Å². The van der Waals surface area contributed by atoms with Crippen molar-refractivity contribution in [2.45, 2.75) is 27.2 Å². The number of nitrogens with one attached hydrogen (secondary N) is 2. The Kier molecular flexibility index (Phi) is 6.92. The van der Waals surface area contributed by atoms with Crippen LogP contribution in [0.4, 0.5) is 0 Å². The van der Waals surface area contributed by atoms with Crippen LogP contribution in [0, 0.1) is 13.8 Å². The van der Waals surface area contributed by atoms with Gasteiger partial charge in [0.2, 0.25) is 0 Å². The van der Waals surface area contributed by atoms with E-state index in [2.05, 4.69) is 20.6 Å². The van der Waals surface area contributed by atoms with Crippen molar-refractivity contribution in [2.24, 2.45) is 0 Å². The van der Waals surface area contributed by atoms with Gasteiger partial charge in [0.05, 0.1) is 22.4 Å².